The first kappa shape index (κ1) is 13.9. The molecule has 1 aromatic carbocycles. The van der Waals surface area contributed by atoms with Crippen LogP contribution in [-0.4, -0.2) is 37.2 Å². The second-order valence-electron chi connectivity index (χ2n) is 6.27. The summed E-state index contributed by atoms with van der Waals surface area (Å²) in [6.07, 6.45) is 4.00. The van der Waals surface area contributed by atoms with Gasteiger partial charge in [-0.1, -0.05) is 17.7 Å². The van der Waals surface area contributed by atoms with E-state index >= 15 is 0 Å². The number of aryl methyl sites for hydroxylation is 1. The molecule has 2 saturated heterocycles. The molecule has 2 aliphatic heterocycles. The molecule has 2 aliphatic rings. The van der Waals surface area contributed by atoms with E-state index < -0.39 is 0 Å². The van der Waals surface area contributed by atoms with E-state index in [4.69, 9.17) is 4.74 Å². The van der Waals surface area contributed by atoms with Gasteiger partial charge in [-0.15, -0.1) is 0 Å². The molecule has 3 atom stereocenters. The third-order valence-corrected chi connectivity index (χ3v) is 4.92. The minimum absolute atomic E-state index is 0.343. The average molecular weight is 274 g/mol. The van der Waals surface area contributed by atoms with Crippen LogP contribution in [0, 0.1) is 6.92 Å². The zero-order chi connectivity index (χ0) is 14.1. The van der Waals surface area contributed by atoms with Gasteiger partial charge in [-0.2, -0.15) is 0 Å². The molecule has 2 fully saturated rings. The Morgan fingerprint density at radius 3 is 2.95 bits per heavy atom. The smallest absolute Gasteiger partial charge is 0.123 e. The van der Waals surface area contributed by atoms with E-state index in [1.165, 1.54) is 43.5 Å². The number of ether oxygens (including phenoxy) is 1. The molecular formula is C17H26N2O. The van der Waals surface area contributed by atoms with Crippen molar-refractivity contribution in [2.45, 2.75) is 51.2 Å². The molecule has 3 heteroatoms. The number of nitrogens with zero attached hydrogens (tertiary/aromatic N) is 1. The van der Waals surface area contributed by atoms with E-state index in [9.17, 15) is 0 Å². The molecule has 0 radical (unpaired) electrons. The molecule has 0 bridgehead atoms. The van der Waals surface area contributed by atoms with Crippen molar-refractivity contribution in [1.82, 2.24) is 10.2 Å². The molecule has 0 saturated carbocycles. The second kappa shape index (κ2) is 5.74. The first-order valence-corrected chi connectivity index (χ1v) is 7.83. The van der Waals surface area contributed by atoms with Crippen molar-refractivity contribution in [3.63, 3.8) is 0 Å². The van der Waals surface area contributed by atoms with E-state index in [0.717, 1.165) is 11.8 Å². The van der Waals surface area contributed by atoms with Crippen LogP contribution in [0.2, 0.25) is 0 Å². The minimum Gasteiger partial charge on any atom is -0.496 e. The molecule has 20 heavy (non-hydrogen) atoms. The van der Waals surface area contributed by atoms with Gasteiger partial charge >= 0.3 is 0 Å². The van der Waals surface area contributed by atoms with Gasteiger partial charge in [-0.05, 0) is 45.7 Å². The molecule has 0 spiro atoms. The summed E-state index contributed by atoms with van der Waals surface area (Å²) in [5, 5.41) is 3.85. The quantitative estimate of drug-likeness (QED) is 0.913. The van der Waals surface area contributed by atoms with Gasteiger partial charge in [0.2, 0.25) is 0 Å². The summed E-state index contributed by atoms with van der Waals surface area (Å²) in [6.45, 7) is 6.96. The summed E-state index contributed by atoms with van der Waals surface area (Å²) < 4.78 is 5.52. The fraction of sp³-hybridized carbons (Fsp3) is 0.647. The second-order valence-corrected chi connectivity index (χ2v) is 6.27. The standard InChI is InChI=1S/C17H26N2O/c1-12-6-7-17(20-3)14(11-12)13(2)18-15-8-10-19-9-4-5-16(15)19/h6-7,11,13,15-16,18H,4-5,8-10H2,1-3H3. The van der Waals surface area contributed by atoms with Gasteiger partial charge < -0.3 is 10.1 Å². The number of benzene rings is 1. The van der Waals surface area contributed by atoms with Gasteiger partial charge in [0.1, 0.15) is 5.75 Å². The third kappa shape index (κ3) is 2.57. The molecule has 1 N–H and O–H groups in total. The number of methoxy groups -OCH3 is 1. The number of fused-ring (bicyclic) bond motifs is 1. The normalized spacial score (nSPS) is 27.6. The first-order chi connectivity index (χ1) is 9.69. The summed E-state index contributed by atoms with van der Waals surface area (Å²) in [6, 6.07) is 8.18. The third-order valence-electron chi connectivity index (χ3n) is 4.92. The van der Waals surface area contributed by atoms with Crippen LogP contribution in [0.25, 0.3) is 0 Å². The van der Waals surface area contributed by atoms with Gasteiger partial charge in [-0.3, -0.25) is 4.90 Å². The Labute approximate surface area is 122 Å². The average Bonchev–Trinajstić information content (AvgIpc) is 3.03. The van der Waals surface area contributed by atoms with Gasteiger partial charge in [0.05, 0.1) is 7.11 Å². The van der Waals surface area contributed by atoms with Crippen LogP contribution >= 0.6 is 0 Å². The molecule has 0 aromatic heterocycles. The molecule has 110 valence electrons. The maximum absolute atomic E-state index is 5.52. The highest BCUT2D eigenvalue weighted by atomic mass is 16.5. The van der Waals surface area contributed by atoms with Crippen molar-refractivity contribution in [2.75, 3.05) is 20.2 Å². The van der Waals surface area contributed by atoms with Gasteiger partial charge in [0.15, 0.2) is 0 Å². The largest absolute Gasteiger partial charge is 0.496 e. The Balaban J connectivity index is 1.73. The number of nitrogens with one attached hydrogen (secondary N) is 1. The zero-order valence-electron chi connectivity index (χ0n) is 12.9. The Kier molecular flexibility index (Phi) is 3.99. The zero-order valence-corrected chi connectivity index (χ0v) is 12.9. The predicted octanol–water partition coefficient (Wildman–Crippen LogP) is 2.89. The minimum atomic E-state index is 0.343. The van der Waals surface area contributed by atoms with Gasteiger partial charge in [0, 0.05) is 30.2 Å². The van der Waals surface area contributed by atoms with Crippen molar-refractivity contribution in [3.05, 3.63) is 29.3 Å². The highest BCUT2D eigenvalue weighted by Gasteiger charge is 2.37. The summed E-state index contributed by atoms with van der Waals surface area (Å²) in [5.74, 6) is 0.997. The highest BCUT2D eigenvalue weighted by molar-refractivity contribution is 5.39. The Bertz CT molecular complexity index is 474. The summed E-state index contributed by atoms with van der Waals surface area (Å²) in [5.41, 5.74) is 2.58. The number of rotatable bonds is 4. The summed E-state index contributed by atoms with van der Waals surface area (Å²) in [4.78, 5) is 2.65. The van der Waals surface area contributed by atoms with Crippen molar-refractivity contribution in [1.29, 1.82) is 0 Å². The number of hydrogen-bond donors (Lipinski definition) is 1. The number of hydrogen-bond acceptors (Lipinski definition) is 3. The van der Waals surface area contributed by atoms with Crippen LogP contribution in [0.4, 0.5) is 0 Å². The fourth-order valence-corrected chi connectivity index (χ4v) is 3.88. The Morgan fingerprint density at radius 2 is 2.15 bits per heavy atom. The molecular weight excluding hydrogens is 248 g/mol. The van der Waals surface area contributed by atoms with Crippen LogP contribution in [0.5, 0.6) is 5.75 Å². The van der Waals surface area contributed by atoms with Crippen LogP contribution in [0.3, 0.4) is 0 Å². The fourth-order valence-electron chi connectivity index (χ4n) is 3.88. The van der Waals surface area contributed by atoms with E-state index in [2.05, 4.69) is 42.3 Å². The predicted molar refractivity (Wildman–Crippen MR) is 82.3 cm³/mol. The Hall–Kier alpha value is -1.06. The van der Waals surface area contributed by atoms with E-state index in [1.54, 1.807) is 7.11 Å². The topological polar surface area (TPSA) is 24.5 Å². The maximum Gasteiger partial charge on any atom is 0.123 e. The molecule has 3 nitrogen and oxygen atoms in total. The van der Waals surface area contributed by atoms with Crippen LogP contribution in [0.15, 0.2) is 18.2 Å². The van der Waals surface area contributed by atoms with E-state index in [1.807, 2.05) is 0 Å². The van der Waals surface area contributed by atoms with Crippen LogP contribution in [-0.2, 0) is 0 Å². The van der Waals surface area contributed by atoms with E-state index in [-0.39, 0.29) is 0 Å². The van der Waals surface area contributed by atoms with Crippen LogP contribution < -0.4 is 10.1 Å². The molecule has 0 aliphatic carbocycles. The summed E-state index contributed by atoms with van der Waals surface area (Å²) in [7, 11) is 1.76. The molecule has 1 aromatic rings. The van der Waals surface area contributed by atoms with Gasteiger partial charge in [0.25, 0.3) is 0 Å². The lowest BCUT2D eigenvalue weighted by atomic mass is 10.0. The highest BCUT2D eigenvalue weighted by Crippen LogP contribution is 2.31. The van der Waals surface area contributed by atoms with Crippen molar-refractivity contribution < 1.29 is 4.74 Å². The van der Waals surface area contributed by atoms with Crippen molar-refractivity contribution in [2.24, 2.45) is 0 Å². The molecule has 0 amide bonds. The maximum atomic E-state index is 5.52. The van der Waals surface area contributed by atoms with Crippen LogP contribution in [0.1, 0.15) is 43.4 Å². The SMILES string of the molecule is COc1ccc(C)cc1C(C)NC1CCN2CCCC12. The Morgan fingerprint density at radius 1 is 1.30 bits per heavy atom. The monoisotopic (exact) mass is 274 g/mol. The summed E-state index contributed by atoms with van der Waals surface area (Å²) >= 11 is 0. The van der Waals surface area contributed by atoms with Crippen molar-refractivity contribution in [3.8, 4) is 5.75 Å². The van der Waals surface area contributed by atoms with Crippen molar-refractivity contribution >= 4 is 0 Å². The molecule has 2 heterocycles. The first-order valence-electron chi connectivity index (χ1n) is 7.83. The van der Waals surface area contributed by atoms with Gasteiger partial charge in [-0.25, -0.2) is 0 Å². The lowest BCUT2D eigenvalue weighted by molar-refractivity contribution is 0.290. The van der Waals surface area contributed by atoms with E-state index in [0.29, 0.717) is 12.1 Å². The lowest BCUT2D eigenvalue weighted by Crippen LogP contribution is -2.40. The molecule has 3 rings (SSSR count). The molecule has 3 unspecified atom stereocenters. The lowest BCUT2D eigenvalue weighted by Gasteiger charge is -2.26.